The maximum atomic E-state index is 12.3. The second-order valence-corrected chi connectivity index (χ2v) is 4.62. The summed E-state index contributed by atoms with van der Waals surface area (Å²) in [5, 5.41) is 13.8. The molecule has 1 heterocycles. The van der Waals surface area contributed by atoms with E-state index in [1.54, 1.807) is 25.4 Å². The number of carbonyl (C=O) groups excluding carboxylic acids is 1. The Kier molecular flexibility index (Phi) is 4.32. The highest BCUT2D eigenvalue weighted by Crippen LogP contribution is 2.22. The van der Waals surface area contributed by atoms with E-state index in [1.165, 1.54) is 12.1 Å². The molecule has 7 heteroatoms. The molecule has 2 aromatic rings. The van der Waals surface area contributed by atoms with Crippen LogP contribution in [0.1, 0.15) is 41.1 Å². The highest BCUT2D eigenvalue weighted by atomic mass is 16.6. The smallest absolute Gasteiger partial charge is 0.273 e. The zero-order valence-electron chi connectivity index (χ0n) is 11.8. The summed E-state index contributed by atoms with van der Waals surface area (Å²) in [6, 6.07) is 4.21. The summed E-state index contributed by atoms with van der Waals surface area (Å²) in [6.45, 7) is 3.49. The number of H-pyrrole nitrogens is 1. The van der Waals surface area contributed by atoms with E-state index in [4.69, 9.17) is 0 Å². The molecule has 0 aliphatic rings. The number of rotatable bonds is 5. The van der Waals surface area contributed by atoms with Gasteiger partial charge in [-0.1, -0.05) is 13.0 Å². The molecule has 0 spiro atoms. The lowest BCUT2D eigenvalue weighted by Gasteiger charge is -2.15. The number of nitrogens with zero attached hydrogens (tertiary/aromatic N) is 2. The second kappa shape index (κ2) is 6.17. The minimum atomic E-state index is -0.490. The van der Waals surface area contributed by atoms with E-state index < -0.39 is 4.92 Å². The standard InChI is InChI=1S/C14H16N4O3/c1-3-11(13-15-7-8-16-13)17-14(19)10-5-4-6-12(9(10)2)18(20)21/h4-8,11H,3H2,1-2H3,(H,15,16)(H,17,19). The summed E-state index contributed by atoms with van der Waals surface area (Å²) in [7, 11) is 0. The van der Waals surface area contributed by atoms with Crippen molar-refractivity contribution in [1.82, 2.24) is 15.3 Å². The first-order valence-corrected chi connectivity index (χ1v) is 6.58. The van der Waals surface area contributed by atoms with Crippen LogP contribution < -0.4 is 5.32 Å². The van der Waals surface area contributed by atoms with Crippen LogP contribution in [0.3, 0.4) is 0 Å². The Morgan fingerprint density at radius 3 is 2.86 bits per heavy atom. The van der Waals surface area contributed by atoms with Crippen molar-refractivity contribution in [3.05, 3.63) is 57.7 Å². The van der Waals surface area contributed by atoms with Crippen molar-refractivity contribution in [3.63, 3.8) is 0 Å². The van der Waals surface area contributed by atoms with Crippen molar-refractivity contribution >= 4 is 11.6 Å². The molecule has 0 radical (unpaired) electrons. The first-order chi connectivity index (χ1) is 10.0. The van der Waals surface area contributed by atoms with Gasteiger partial charge < -0.3 is 10.3 Å². The second-order valence-electron chi connectivity index (χ2n) is 4.62. The fraction of sp³-hybridized carbons (Fsp3) is 0.286. The van der Waals surface area contributed by atoms with Crippen LogP contribution in [0.15, 0.2) is 30.6 Å². The SMILES string of the molecule is CCC(NC(=O)c1cccc([N+](=O)[O-])c1C)c1ncc[nH]1. The van der Waals surface area contributed by atoms with Crippen LogP contribution in [0.25, 0.3) is 0 Å². The Balaban J connectivity index is 2.24. The molecule has 0 saturated heterocycles. The van der Waals surface area contributed by atoms with Crippen molar-refractivity contribution in [2.45, 2.75) is 26.3 Å². The van der Waals surface area contributed by atoms with Gasteiger partial charge in [-0.15, -0.1) is 0 Å². The van der Waals surface area contributed by atoms with E-state index in [1.807, 2.05) is 6.92 Å². The number of aromatic nitrogens is 2. The van der Waals surface area contributed by atoms with Gasteiger partial charge in [0, 0.05) is 29.6 Å². The molecule has 21 heavy (non-hydrogen) atoms. The fourth-order valence-corrected chi connectivity index (χ4v) is 2.14. The molecule has 7 nitrogen and oxygen atoms in total. The number of amides is 1. The van der Waals surface area contributed by atoms with Crippen molar-refractivity contribution in [2.75, 3.05) is 0 Å². The Bertz CT molecular complexity index is 652. The molecular formula is C14H16N4O3. The molecule has 1 unspecified atom stereocenters. The topological polar surface area (TPSA) is 101 Å². The van der Waals surface area contributed by atoms with Crippen LogP contribution in [0.2, 0.25) is 0 Å². The lowest BCUT2D eigenvalue weighted by molar-refractivity contribution is -0.385. The number of aromatic amines is 1. The maximum Gasteiger partial charge on any atom is 0.273 e. The monoisotopic (exact) mass is 288 g/mol. The van der Waals surface area contributed by atoms with Crippen LogP contribution in [-0.4, -0.2) is 20.8 Å². The summed E-state index contributed by atoms with van der Waals surface area (Å²) in [5.41, 5.74) is 0.595. The Labute approximate surface area is 121 Å². The number of hydrogen-bond acceptors (Lipinski definition) is 4. The van der Waals surface area contributed by atoms with Gasteiger partial charge in [0.1, 0.15) is 5.82 Å². The minimum Gasteiger partial charge on any atom is -0.347 e. The zero-order chi connectivity index (χ0) is 15.4. The third kappa shape index (κ3) is 3.07. The van der Waals surface area contributed by atoms with Crippen LogP contribution in [0.5, 0.6) is 0 Å². The van der Waals surface area contributed by atoms with Gasteiger partial charge in [0.25, 0.3) is 11.6 Å². The molecule has 1 amide bonds. The number of nitro benzene ring substituents is 1. The van der Waals surface area contributed by atoms with E-state index in [9.17, 15) is 14.9 Å². The maximum absolute atomic E-state index is 12.3. The summed E-state index contributed by atoms with van der Waals surface area (Å²) < 4.78 is 0. The van der Waals surface area contributed by atoms with Gasteiger partial charge in [-0.3, -0.25) is 14.9 Å². The predicted octanol–water partition coefficient (Wildman–Crippen LogP) is 2.51. The number of nitro groups is 1. The number of carbonyl (C=O) groups is 1. The van der Waals surface area contributed by atoms with Crippen LogP contribution in [0, 0.1) is 17.0 Å². The van der Waals surface area contributed by atoms with Gasteiger partial charge >= 0.3 is 0 Å². The quantitative estimate of drug-likeness (QED) is 0.652. The lowest BCUT2D eigenvalue weighted by atomic mass is 10.1. The highest BCUT2D eigenvalue weighted by Gasteiger charge is 2.21. The van der Waals surface area contributed by atoms with E-state index in [2.05, 4.69) is 15.3 Å². The molecule has 0 saturated carbocycles. The first kappa shape index (κ1) is 14.7. The molecule has 1 atom stereocenters. The summed E-state index contributed by atoms with van der Waals surface area (Å²) in [6.07, 6.45) is 3.96. The van der Waals surface area contributed by atoms with E-state index in [0.29, 0.717) is 23.4 Å². The summed E-state index contributed by atoms with van der Waals surface area (Å²) in [4.78, 5) is 29.8. The minimum absolute atomic E-state index is 0.0614. The van der Waals surface area contributed by atoms with Gasteiger partial charge in [0.15, 0.2) is 0 Å². The molecule has 2 N–H and O–H groups in total. The Morgan fingerprint density at radius 1 is 1.52 bits per heavy atom. The van der Waals surface area contributed by atoms with Crippen molar-refractivity contribution < 1.29 is 9.72 Å². The molecule has 0 fully saturated rings. The summed E-state index contributed by atoms with van der Waals surface area (Å²) >= 11 is 0. The predicted molar refractivity (Wildman–Crippen MR) is 76.9 cm³/mol. The molecule has 110 valence electrons. The molecule has 1 aromatic heterocycles. The highest BCUT2D eigenvalue weighted by molar-refractivity contribution is 5.96. The molecule has 0 aliphatic heterocycles. The molecule has 0 bridgehead atoms. The molecule has 1 aromatic carbocycles. The van der Waals surface area contributed by atoms with Crippen LogP contribution in [-0.2, 0) is 0 Å². The van der Waals surface area contributed by atoms with Gasteiger partial charge in [0.2, 0.25) is 0 Å². The molecule has 2 rings (SSSR count). The lowest BCUT2D eigenvalue weighted by Crippen LogP contribution is -2.29. The Morgan fingerprint density at radius 2 is 2.29 bits per heavy atom. The third-order valence-corrected chi connectivity index (χ3v) is 3.31. The average molecular weight is 288 g/mol. The van der Waals surface area contributed by atoms with Crippen LogP contribution >= 0.6 is 0 Å². The normalized spacial score (nSPS) is 11.9. The van der Waals surface area contributed by atoms with E-state index in [-0.39, 0.29) is 17.6 Å². The summed E-state index contributed by atoms with van der Waals surface area (Å²) in [5.74, 6) is 0.313. The first-order valence-electron chi connectivity index (χ1n) is 6.58. The van der Waals surface area contributed by atoms with Crippen molar-refractivity contribution in [3.8, 4) is 0 Å². The fourth-order valence-electron chi connectivity index (χ4n) is 2.14. The number of imidazole rings is 1. The van der Waals surface area contributed by atoms with E-state index >= 15 is 0 Å². The Hall–Kier alpha value is -2.70. The number of benzene rings is 1. The average Bonchev–Trinajstić information content (AvgIpc) is 2.98. The van der Waals surface area contributed by atoms with E-state index in [0.717, 1.165) is 0 Å². The van der Waals surface area contributed by atoms with Gasteiger partial charge in [-0.25, -0.2) is 4.98 Å². The van der Waals surface area contributed by atoms with Gasteiger partial charge in [-0.05, 0) is 19.4 Å². The third-order valence-electron chi connectivity index (χ3n) is 3.31. The van der Waals surface area contributed by atoms with Gasteiger partial charge in [-0.2, -0.15) is 0 Å². The van der Waals surface area contributed by atoms with Crippen molar-refractivity contribution in [2.24, 2.45) is 0 Å². The van der Waals surface area contributed by atoms with Crippen molar-refractivity contribution in [1.29, 1.82) is 0 Å². The zero-order valence-corrected chi connectivity index (χ0v) is 11.8. The number of nitrogens with one attached hydrogen (secondary N) is 2. The van der Waals surface area contributed by atoms with Crippen LogP contribution in [0.4, 0.5) is 5.69 Å². The van der Waals surface area contributed by atoms with Gasteiger partial charge in [0.05, 0.1) is 11.0 Å². The largest absolute Gasteiger partial charge is 0.347 e. The molecule has 0 aliphatic carbocycles. The molecular weight excluding hydrogens is 272 g/mol. The number of hydrogen-bond donors (Lipinski definition) is 2.